The van der Waals surface area contributed by atoms with Gasteiger partial charge in [-0.2, -0.15) is 0 Å². The summed E-state index contributed by atoms with van der Waals surface area (Å²) in [6.07, 6.45) is -3.76. The van der Waals surface area contributed by atoms with Crippen LogP contribution in [-0.4, -0.2) is 82.6 Å². The number of ketones is 2. The molecule has 11 nitrogen and oxygen atoms in total. The van der Waals surface area contributed by atoms with Gasteiger partial charge in [0.15, 0.2) is 17.2 Å². The number of thioether (sulfide) groups is 2. The summed E-state index contributed by atoms with van der Waals surface area (Å²) in [5, 5.41) is 47.6. The van der Waals surface area contributed by atoms with Crippen molar-refractivity contribution in [1.82, 2.24) is 5.32 Å². The van der Waals surface area contributed by atoms with E-state index in [0.29, 0.717) is 5.56 Å². The number of aliphatic hydroxyl groups excluding tert-OH is 2. The predicted octanol–water partition coefficient (Wildman–Crippen LogP) is 2.61. The lowest BCUT2D eigenvalue weighted by Gasteiger charge is -2.70. The van der Waals surface area contributed by atoms with Gasteiger partial charge in [-0.25, -0.2) is 0 Å². The van der Waals surface area contributed by atoms with Crippen LogP contribution in [0.5, 0.6) is 5.75 Å². The van der Waals surface area contributed by atoms with Crippen molar-refractivity contribution in [2.45, 2.75) is 89.1 Å². The number of hydrogen-bond acceptors (Lipinski definition) is 11. The number of aromatic hydroxyl groups is 1. The highest BCUT2D eigenvalue weighted by atomic mass is 32.2. The summed E-state index contributed by atoms with van der Waals surface area (Å²) in [5.74, 6) is -9.07. The molecule has 2 saturated carbocycles. The topological polar surface area (TPSA) is 204 Å². The number of phenolic OH excluding ortho intramolecular Hbond substituents is 1. The summed E-state index contributed by atoms with van der Waals surface area (Å²) >= 11 is 1.75. The first kappa shape index (κ1) is 35.4. The van der Waals surface area contributed by atoms with Crippen LogP contribution in [0.3, 0.4) is 0 Å². The molecule has 7 N–H and O–H groups in total. The van der Waals surface area contributed by atoms with E-state index in [1.807, 2.05) is 20.8 Å². The smallest absolute Gasteiger partial charge is 0.279 e. The third-order valence-corrected chi connectivity index (χ3v) is 13.0. The molecule has 0 heterocycles. The van der Waals surface area contributed by atoms with Crippen molar-refractivity contribution in [2.75, 3.05) is 6.54 Å². The van der Waals surface area contributed by atoms with Crippen LogP contribution in [0, 0.1) is 34.5 Å². The number of carbonyl (C=O) groups excluding carboxylic acids is 5. The molecule has 0 bridgehead atoms. The first-order valence-corrected chi connectivity index (χ1v) is 16.7. The molecule has 45 heavy (non-hydrogen) atoms. The fraction of sp³-hybridized carbons (Fsp3) is 0.656. The van der Waals surface area contributed by atoms with Gasteiger partial charge in [0.05, 0.1) is 24.1 Å². The van der Waals surface area contributed by atoms with E-state index in [1.54, 1.807) is 39.8 Å². The van der Waals surface area contributed by atoms with Crippen LogP contribution >= 0.6 is 23.5 Å². The summed E-state index contributed by atoms with van der Waals surface area (Å²) in [6.45, 7) is 13.6. The molecule has 2 unspecified atom stereocenters. The molecule has 0 aliphatic heterocycles. The maximum atomic E-state index is 14.3. The van der Waals surface area contributed by atoms with Gasteiger partial charge in [-0.05, 0) is 34.8 Å². The molecule has 2 fully saturated rings. The van der Waals surface area contributed by atoms with Gasteiger partial charge in [-0.1, -0.05) is 91.0 Å². The fourth-order valence-corrected chi connectivity index (χ4v) is 10.9. The van der Waals surface area contributed by atoms with Gasteiger partial charge < -0.3 is 31.5 Å². The van der Waals surface area contributed by atoms with Crippen molar-refractivity contribution in [2.24, 2.45) is 40.2 Å². The molecule has 2 amide bonds. The summed E-state index contributed by atoms with van der Waals surface area (Å²) in [4.78, 5) is 67.4. The van der Waals surface area contributed by atoms with Crippen LogP contribution in [0.15, 0.2) is 18.2 Å². The standard InChI is InChI=1S/C32H44N2O9S2/c1-13(2)20-23(38)19(26(33)41)24(39)32(43)25(40)21-22(37)18-15(10-9-11-16(18)35)14(3)30(21,7)27(31(20,32)8)44-17(36)12-34-28(42)45-29(4,5)6/h9-11,13-14,19-21,23,25,27,35,38,40,43H,12H2,1-8H3,(H2,33,41)(H,34,42)/t14-,19-,20+,21-,23?,25?,27-,30+,31+,32+/m1/s1. The Morgan fingerprint density at radius 1 is 1.11 bits per heavy atom. The Kier molecular flexibility index (Phi) is 9.17. The van der Waals surface area contributed by atoms with Crippen LogP contribution in [0.25, 0.3) is 0 Å². The van der Waals surface area contributed by atoms with E-state index in [0.717, 1.165) is 23.5 Å². The highest BCUT2D eigenvalue weighted by molar-refractivity contribution is 8.15. The van der Waals surface area contributed by atoms with Crippen molar-refractivity contribution >= 4 is 51.4 Å². The van der Waals surface area contributed by atoms with Crippen molar-refractivity contribution in [3.8, 4) is 5.75 Å². The van der Waals surface area contributed by atoms with Crippen LogP contribution in [0.4, 0.5) is 4.79 Å². The Labute approximate surface area is 271 Å². The Hall–Kier alpha value is -2.45. The molecule has 10 atom stereocenters. The van der Waals surface area contributed by atoms with E-state index in [1.165, 1.54) is 13.0 Å². The molecule has 1 aromatic carbocycles. The molecule has 3 aliphatic carbocycles. The number of Topliss-reactive ketones (excluding diaryl/α,β-unsaturated/α-hetero) is 2. The van der Waals surface area contributed by atoms with Gasteiger partial charge >= 0.3 is 0 Å². The first-order valence-electron chi connectivity index (χ1n) is 15.0. The average Bonchev–Trinajstić information content (AvgIpc) is 2.90. The van der Waals surface area contributed by atoms with Gasteiger partial charge in [0.25, 0.3) is 5.24 Å². The van der Waals surface area contributed by atoms with E-state index in [2.05, 4.69) is 5.32 Å². The van der Waals surface area contributed by atoms with E-state index in [9.17, 15) is 44.4 Å². The minimum atomic E-state index is -2.81. The molecule has 0 saturated heterocycles. The largest absolute Gasteiger partial charge is 0.507 e. The Morgan fingerprint density at radius 3 is 2.24 bits per heavy atom. The molecule has 13 heteroatoms. The summed E-state index contributed by atoms with van der Waals surface area (Å²) in [7, 11) is 0. The Bertz CT molecular complexity index is 1440. The fourth-order valence-electron chi connectivity index (χ4n) is 8.57. The average molecular weight is 665 g/mol. The second kappa shape index (κ2) is 11.7. The van der Waals surface area contributed by atoms with Crippen LogP contribution in [-0.2, 0) is 14.4 Å². The van der Waals surface area contributed by atoms with Crippen LogP contribution in [0.1, 0.15) is 77.2 Å². The third kappa shape index (κ3) is 5.13. The number of carbonyl (C=O) groups is 5. The van der Waals surface area contributed by atoms with Crippen molar-refractivity contribution in [1.29, 1.82) is 0 Å². The molecule has 0 spiro atoms. The molecular weight excluding hydrogens is 620 g/mol. The van der Waals surface area contributed by atoms with Crippen molar-refractivity contribution < 1.29 is 44.4 Å². The number of nitrogens with one attached hydrogen (secondary N) is 1. The van der Waals surface area contributed by atoms with Gasteiger partial charge in [-0.3, -0.25) is 24.0 Å². The van der Waals surface area contributed by atoms with Crippen LogP contribution < -0.4 is 11.1 Å². The number of fused-ring (bicyclic) bond motifs is 3. The number of aliphatic hydroxyl groups is 3. The molecule has 248 valence electrons. The van der Waals surface area contributed by atoms with E-state index in [4.69, 9.17) is 5.73 Å². The summed E-state index contributed by atoms with van der Waals surface area (Å²) in [5.41, 5.74) is 0.0181. The minimum Gasteiger partial charge on any atom is -0.507 e. The molecule has 0 aromatic heterocycles. The maximum Gasteiger partial charge on any atom is 0.279 e. The maximum absolute atomic E-state index is 14.3. The number of nitrogens with two attached hydrogens (primary N) is 1. The van der Waals surface area contributed by atoms with Gasteiger partial charge in [0.2, 0.25) is 11.0 Å². The highest BCUT2D eigenvalue weighted by Crippen LogP contribution is 2.71. The Morgan fingerprint density at radius 2 is 1.71 bits per heavy atom. The predicted molar refractivity (Wildman–Crippen MR) is 171 cm³/mol. The quantitative estimate of drug-likeness (QED) is 0.253. The number of hydrogen-bond donors (Lipinski definition) is 6. The molecule has 0 radical (unpaired) electrons. The number of rotatable bonds is 5. The number of benzene rings is 1. The number of primary amides is 1. The zero-order valence-electron chi connectivity index (χ0n) is 26.8. The van der Waals surface area contributed by atoms with Gasteiger partial charge in [-0.15, -0.1) is 0 Å². The second-order valence-corrected chi connectivity index (χ2v) is 17.4. The normalized spacial score (nSPS) is 37.8. The lowest BCUT2D eigenvalue weighted by molar-refractivity contribution is -0.263. The molecule has 4 rings (SSSR count). The molecule has 1 aromatic rings. The van der Waals surface area contributed by atoms with Gasteiger partial charge in [0.1, 0.15) is 17.8 Å². The summed E-state index contributed by atoms with van der Waals surface area (Å²) < 4.78 is -0.415. The van der Waals surface area contributed by atoms with E-state index >= 15 is 0 Å². The van der Waals surface area contributed by atoms with Crippen molar-refractivity contribution in [3.63, 3.8) is 0 Å². The SMILES string of the molecule is CC(C)[C@H]1C(O)[C@@H](C(N)=O)C(=O)[C@]2(O)C(O)[C@H]3C(=O)c4c(O)cccc4[C@@H](C)[C@]3(C)[C@@H](SC(=O)CNC(=O)SC(C)(C)C)[C@]12C. The summed E-state index contributed by atoms with van der Waals surface area (Å²) in [6, 6.07) is 4.58. The number of phenols is 1. The lowest BCUT2D eigenvalue weighted by atomic mass is 9.37. The van der Waals surface area contributed by atoms with Gasteiger partial charge in [0, 0.05) is 15.4 Å². The highest BCUT2D eigenvalue weighted by Gasteiger charge is 2.80. The number of amides is 2. The zero-order valence-corrected chi connectivity index (χ0v) is 28.4. The first-order chi connectivity index (χ1) is 20.6. The lowest BCUT2D eigenvalue weighted by Crippen LogP contribution is -2.83. The van der Waals surface area contributed by atoms with Crippen LogP contribution in [0.2, 0.25) is 0 Å². The monoisotopic (exact) mass is 664 g/mol. The third-order valence-electron chi connectivity index (χ3n) is 10.5. The molecule has 3 aliphatic rings. The minimum absolute atomic E-state index is 0.0598. The van der Waals surface area contributed by atoms with Crippen molar-refractivity contribution in [3.05, 3.63) is 29.3 Å². The molecular formula is C32H44N2O9S2. The van der Waals surface area contributed by atoms with E-state index < -0.39 is 103 Å². The Balaban J connectivity index is 1.97. The second-order valence-electron chi connectivity index (χ2n) is 14.4. The zero-order chi connectivity index (χ0) is 34.2. The van der Waals surface area contributed by atoms with E-state index in [-0.39, 0.29) is 11.3 Å².